The molecule has 0 bridgehead atoms. The number of hydrogen-bond donors (Lipinski definition) is 1. The Morgan fingerprint density at radius 2 is 2.00 bits per heavy atom. The molecule has 8 heteroatoms. The van der Waals surface area contributed by atoms with Gasteiger partial charge in [-0.25, -0.2) is 0 Å². The van der Waals surface area contributed by atoms with Gasteiger partial charge in [-0.1, -0.05) is 0 Å². The lowest BCUT2D eigenvalue weighted by Crippen LogP contribution is -2.24. The van der Waals surface area contributed by atoms with Crippen molar-refractivity contribution in [2.45, 2.75) is 0 Å². The number of carbonyl (C=O) groups excluding carboxylic acids is 1. The maximum absolute atomic E-state index is 11.7. The van der Waals surface area contributed by atoms with E-state index in [0.29, 0.717) is 0 Å². The van der Waals surface area contributed by atoms with E-state index in [-0.39, 0.29) is 23.6 Å². The monoisotopic (exact) mass is 265 g/mol. The molecular weight excluding hydrogens is 254 g/mol. The van der Waals surface area contributed by atoms with Gasteiger partial charge < -0.3 is 14.8 Å². The van der Waals surface area contributed by atoms with E-state index in [1.54, 1.807) is 6.07 Å². The van der Waals surface area contributed by atoms with Gasteiger partial charge in [0.25, 0.3) is 11.6 Å². The van der Waals surface area contributed by atoms with Crippen molar-refractivity contribution in [3.05, 3.63) is 27.8 Å². The molecule has 1 amide bonds. The van der Waals surface area contributed by atoms with E-state index in [0.717, 1.165) is 6.07 Å². The number of hydrogen-bond acceptors (Lipinski definition) is 6. The van der Waals surface area contributed by atoms with Crippen molar-refractivity contribution >= 4 is 11.6 Å². The standard InChI is InChI=1S/C11H11N3O5/c1-18-9-5-7(11(15)13-4-3-12)8(14(16)17)6-10(9)19-2/h5-6H,4H2,1-2H3,(H,13,15). The maximum atomic E-state index is 11.7. The first-order chi connectivity index (χ1) is 9.04. The summed E-state index contributed by atoms with van der Waals surface area (Å²) in [6, 6.07) is 4.01. The van der Waals surface area contributed by atoms with Crippen LogP contribution in [0.15, 0.2) is 12.1 Å². The molecule has 0 saturated heterocycles. The Morgan fingerprint density at radius 3 is 2.47 bits per heavy atom. The minimum absolute atomic E-state index is 0.144. The van der Waals surface area contributed by atoms with Crippen LogP contribution in [-0.2, 0) is 0 Å². The second-order valence-electron chi connectivity index (χ2n) is 3.32. The van der Waals surface area contributed by atoms with Crippen LogP contribution in [0.1, 0.15) is 10.4 Å². The van der Waals surface area contributed by atoms with Crippen LogP contribution in [0.2, 0.25) is 0 Å². The lowest BCUT2D eigenvalue weighted by atomic mass is 10.1. The van der Waals surface area contributed by atoms with Crippen molar-refractivity contribution in [1.29, 1.82) is 5.26 Å². The van der Waals surface area contributed by atoms with Crippen LogP contribution in [0, 0.1) is 21.4 Å². The van der Waals surface area contributed by atoms with Crippen molar-refractivity contribution in [2.75, 3.05) is 20.8 Å². The molecule has 0 aliphatic heterocycles. The number of carbonyl (C=O) groups is 1. The van der Waals surface area contributed by atoms with Crippen LogP contribution >= 0.6 is 0 Å². The van der Waals surface area contributed by atoms with Crippen molar-refractivity contribution < 1.29 is 19.2 Å². The largest absolute Gasteiger partial charge is 0.493 e. The molecule has 0 aromatic heterocycles. The van der Waals surface area contributed by atoms with E-state index in [4.69, 9.17) is 14.7 Å². The van der Waals surface area contributed by atoms with Crippen LogP contribution in [0.4, 0.5) is 5.69 Å². The normalized spacial score (nSPS) is 9.32. The highest BCUT2D eigenvalue weighted by Crippen LogP contribution is 2.34. The summed E-state index contributed by atoms with van der Waals surface area (Å²) in [4.78, 5) is 22.0. The first-order valence-electron chi connectivity index (χ1n) is 5.10. The van der Waals surface area contributed by atoms with Gasteiger partial charge in [0.05, 0.1) is 31.3 Å². The zero-order chi connectivity index (χ0) is 14.4. The predicted molar refractivity (Wildman–Crippen MR) is 64.1 cm³/mol. The fraction of sp³-hybridized carbons (Fsp3) is 0.273. The van der Waals surface area contributed by atoms with Gasteiger partial charge in [-0.05, 0) is 0 Å². The molecule has 0 radical (unpaired) electrons. The summed E-state index contributed by atoms with van der Waals surface area (Å²) in [7, 11) is 2.68. The summed E-state index contributed by atoms with van der Waals surface area (Å²) in [6.45, 7) is -0.246. The lowest BCUT2D eigenvalue weighted by Gasteiger charge is -2.10. The maximum Gasteiger partial charge on any atom is 0.286 e. The molecule has 0 saturated carbocycles. The predicted octanol–water partition coefficient (Wildman–Crippen LogP) is 0.865. The molecule has 1 rings (SSSR count). The summed E-state index contributed by atoms with van der Waals surface area (Å²) in [5, 5.41) is 21.5. The third-order valence-electron chi connectivity index (χ3n) is 2.27. The molecule has 0 heterocycles. The molecule has 19 heavy (non-hydrogen) atoms. The molecule has 0 spiro atoms. The highest BCUT2D eigenvalue weighted by atomic mass is 16.6. The zero-order valence-corrected chi connectivity index (χ0v) is 10.3. The minimum atomic E-state index is -0.728. The number of ether oxygens (including phenoxy) is 2. The third-order valence-corrected chi connectivity index (χ3v) is 2.27. The van der Waals surface area contributed by atoms with Crippen molar-refractivity contribution in [3.8, 4) is 17.6 Å². The van der Waals surface area contributed by atoms with Crippen molar-refractivity contribution in [3.63, 3.8) is 0 Å². The Labute approximate surface area is 108 Å². The molecule has 8 nitrogen and oxygen atoms in total. The van der Waals surface area contributed by atoms with Crippen LogP contribution in [-0.4, -0.2) is 31.6 Å². The van der Waals surface area contributed by atoms with Crippen molar-refractivity contribution in [2.24, 2.45) is 0 Å². The second kappa shape index (κ2) is 6.20. The average Bonchev–Trinajstić information content (AvgIpc) is 2.42. The summed E-state index contributed by atoms with van der Waals surface area (Å²) in [5.74, 6) is -0.393. The second-order valence-corrected chi connectivity index (χ2v) is 3.32. The number of nitrogens with zero attached hydrogens (tertiary/aromatic N) is 2. The number of nitro benzene ring substituents is 1. The molecule has 0 atom stereocenters. The first-order valence-corrected chi connectivity index (χ1v) is 5.10. The fourth-order valence-electron chi connectivity index (χ4n) is 1.42. The van der Waals surface area contributed by atoms with E-state index in [2.05, 4.69) is 5.32 Å². The lowest BCUT2D eigenvalue weighted by molar-refractivity contribution is -0.385. The van der Waals surface area contributed by atoms with E-state index in [1.807, 2.05) is 0 Å². The number of benzene rings is 1. The van der Waals surface area contributed by atoms with E-state index >= 15 is 0 Å². The van der Waals surface area contributed by atoms with E-state index in [9.17, 15) is 14.9 Å². The summed E-state index contributed by atoms with van der Waals surface area (Å²) >= 11 is 0. The highest BCUT2D eigenvalue weighted by molar-refractivity contribution is 5.99. The molecule has 1 aromatic carbocycles. The Balaban J connectivity index is 3.32. The van der Waals surface area contributed by atoms with Crippen LogP contribution < -0.4 is 14.8 Å². The van der Waals surface area contributed by atoms with Gasteiger partial charge in [-0.15, -0.1) is 0 Å². The van der Waals surface area contributed by atoms with Gasteiger partial charge in [-0.3, -0.25) is 14.9 Å². The number of amides is 1. The topological polar surface area (TPSA) is 114 Å². The average molecular weight is 265 g/mol. The molecule has 1 N–H and O–H groups in total. The van der Waals surface area contributed by atoms with Gasteiger partial charge in [-0.2, -0.15) is 5.26 Å². The Hall–Kier alpha value is -2.82. The number of nitriles is 1. The van der Waals surface area contributed by atoms with Crippen LogP contribution in [0.25, 0.3) is 0 Å². The van der Waals surface area contributed by atoms with E-state index < -0.39 is 16.5 Å². The molecule has 1 aromatic rings. The van der Waals surface area contributed by atoms with E-state index in [1.165, 1.54) is 20.3 Å². The SMILES string of the molecule is COc1cc(C(=O)NCC#N)c([N+](=O)[O-])cc1OC. The molecular formula is C11H11N3O5. The summed E-state index contributed by atoms with van der Waals surface area (Å²) < 4.78 is 9.90. The van der Waals surface area contributed by atoms with Gasteiger partial charge in [0.15, 0.2) is 11.5 Å². The molecule has 0 unspecified atom stereocenters. The first kappa shape index (κ1) is 14.2. The van der Waals surface area contributed by atoms with Gasteiger partial charge in [0.1, 0.15) is 12.1 Å². The zero-order valence-electron chi connectivity index (χ0n) is 10.3. The highest BCUT2D eigenvalue weighted by Gasteiger charge is 2.24. The smallest absolute Gasteiger partial charge is 0.286 e. The fourth-order valence-corrected chi connectivity index (χ4v) is 1.42. The number of methoxy groups -OCH3 is 2. The molecule has 0 aliphatic carbocycles. The molecule has 0 fully saturated rings. The summed E-state index contributed by atoms with van der Waals surface area (Å²) in [6.07, 6.45) is 0. The quantitative estimate of drug-likeness (QED) is 0.479. The Morgan fingerprint density at radius 1 is 1.42 bits per heavy atom. The van der Waals surface area contributed by atoms with Gasteiger partial charge in [0, 0.05) is 6.07 Å². The molecule has 100 valence electrons. The number of nitro groups is 1. The van der Waals surface area contributed by atoms with Gasteiger partial charge in [0.2, 0.25) is 0 Å². The third kappa shape index (κ3) is 3.10. The summed E-state index contributed by atoms with van der Waals surface area (Å²) in [5.41, 5.74) is -0.619. The Bertz CT molecular complexity index is 550. The number of rotatable bonds is 5. The minimum Gasteiger partial charge on any atom is -0.493 e. The number of nitrogens with one attached hydrogen (secondary N) is 1. The van der Waals surface area contributed by atoms with Crippen molar-refractivity contribution in [1.82, 2.24) is 5.32 Å². The Kier molecular flexibility index (Phi) is 4.65. The molecule has 0 aliphatic rings. The van der Waals surface area contributed by atoms with Crippen LogP contribution in [0.3, 0.4) is 0 Å². The van der Waals surface area contributed by atoms with Crippen LogP contribution in [0.5, 0.6) is 11.5 Å². The van der Waals surface area contributed by atoms with Gasteiger partial charge >= 0.3 is 0 Å².